The van der Waals surface area contributed by atoms with Gasteiger partial charge in [0.2, 0.25) is 0 Å². The summed E-state index contributed by atoms with van der Waals surface area (Å²) in [4.78, 5) is 26.5. The van der Waals surface area contributed by atoms with Gasteiger partial charge in [0.15, 0.2) is 0 Å². The van der Waals surface area contributed by atoms with Crippen LogP contribution in [0.1, 0.15) is 29.6 Å². The molecule has 5 heteroatoms. The van der Waals surface area contributed by atoms with Crippen LogP contribution in [0.2, 0.25) is 0 Å². The molecule has 2 aromatic carbocycles. The quantitative estimate of drug-likeness (QED) is 0.892. The molecule has 2 aromatic rings. The molecule has 0 aromatic heterocycles. The van der Waals surface area contributed by atoms with Gasteiger partial charge in [-0.1, -0.05) is 24.6 Å². The Morgan fingerprint density at radius 3 is 2.32 bits per heavy atom. The highest BCUT2D eigenvalue weighted by atomic mass is 16.2. The molecule has 2 N–H and O–H groups in total. The van der Waals surface area contributed by atoms with E-state index in [0.717, 1.165) is 18.7 Å². The largest absolute Gasteiger partial charge is 0.322 e. The Balaban J connectivity index is 1.35. The number of para-hydroxylation sites is 1. The van der Waals surface area contributed by atoms with Crippen molar-refractivity contribution in [1.82, 2.24) is 4.90 Å². The minimum absolute atomic E-state index is 0.0374. The molecule has 0 radical (unpaired) electrons. The van der Waals surface area contributed by atoms with Crippen molar-refractivity contribution in [1.29, 1.82) is 0 Å². The predicted octanol–water partition coefficient (Wildman–Crippen LogP) is 3.96. The summed E-state index contributed by atoms with van der Waals surface area (Å²) < 4.78 is 0. The monoisotopic (exact) mass is 335 g/mol. The highest BCUT2D eigenvalue weighted by molar-refractivity contribution is 6.04. The molecule has 2 fully saturated rings. The number of anilines is 2. The third-order valence-electron chi connectivity index (χ3n) is 5.14. The average molecular weight is 335 g/mol. The van der Waals surface area contributed by atoms with Crippen LogP contribution in [0.4, 0.5) is 16.2 Å². The van der Waals surface area contributed by atoms with Gasteiger partial charge in [0.05, 0.1) is 0 Å². The number of benzene rings is 2. The minimum atomic E-state index is -0.166. The zero-order valence-corrected chi connectivity index (χ0v) is 13.9. The van der Waals surface area contributed by atoms with Crippen molar-refractivity contribution in [2.24, 2.45) is 5.92 Å². The van der Waals surface area contributed by atoms with Crippen LogP contribution in [-0.4, -0.2) is 29.4 Å². The van der Waals surface area contributed by atoms with Gasteiger partial charge in [-0.15, -0.1) is 0 Å². The Kier molecular flexibility index (Phi) is 4.14. The average Bonchev–Trinajstić information content (AvgIpc) is 2.97. The van der Waals surface area contributed by atoms with E-state index in [-0.39, 0.29) is 11.9 Å². The number of hydrogen-bond acceptors (Lipinski definition) is 2. The molecule has 0 bridgehead atoms. The van der Waals surface area contributed by atoms with E-state index < -0.39 is 0 Å². The van der Waals surface area contributed by atoms with Gasteiger partial charge in [0, 0.05) is 29.5 Å². The molecule has 4 rings (SSSR count). The number of amides is 3. The number of likely N-dealkylation sites (tertiary alicyclic amines) is 1. The summed E-state index contributed by atoms with van der Waals surface area (Å²) in [5, 5.41) is 5.77. The molecule has 0 unspecified atom stereocenters. The van der Waals surface area contributed by atoms with Gasteiger partial charge in [0.25, 0.3) is 5.91 Å². The van der Waals surface area contributed by atoms with E-state index in [4.69, 9.17) is 0 Å². The van der Waals surface area contributed by atoms with E-state index in [9.17, 15) is 9.59 Å². The lowest BCUT2D eigenvalue weighted by atomic mass is 9.92. The van der Waals surface area contributed by atoms with Crippen molar-refractivity contribution in [2.75, 3.05) is 17.2 Å². The third kappa shape index (κ3) is 3.22. The van der Waals surface area contributed by atoms with Crippen molar-refractivity contribution < 1.29 is 9.59 Å². The fourth-order valence-corrected chi connectivity index (χ4v) is 3.75. The molecule has 128 valence electrons. The number of fused-ring (bicyclic) bond motifs is 1. The second-order valence-corrected chi connectivity index (χ2v) is 6.74. The number of hydrogen-bond donors (Lipinski definition) is 2. The molecule has 1 saturated heterocycles. The van der Waals surface area contributed by atoms with Crippen molar-refractivity contribution in [3.63, 3.8) is 0 Å². The zero-order chi connectivity index (χ0) is 17.2. The van der Waals surface area contributed by atoms with E-state index >= 15 is 0 Å². The molecule has 25 heavy (non-hydrogen) atoms. The van der Waals surface area contributed by atoms with Gasteiger partial charge in [-0.25, -0.2) is 4.79 Å². The molecule has 1 saturated carbocycles. The Morgan fingerprint density at radius 2 is 1.60 bits per heavy atom. The summed E-state index contributed by atoms with van der Waals surface area (Å²) in [7, 11) is 0. The highest BCUT2D eigenvalue weighted by Crippen LogP contribution is 2.39. The first-order valence-corrected chi connectivity index (χ1v) is 8.75. The van der Waals surface area contributed by atoms with Crippen LogP contribution in [0.25, 0.3) is 0 Å². The normalized spacial score (nSPS) is 21.2. The van der Waals surface area contributed by atoms with Crippen molar-refractivity contribution in [2.45, 2.75) is 25.3 Å². The summed E-state index contributed by atoms with van der Waals surface area (Å²) in [5.41, 5.74) is 2.03. The molecular formula is C20H21N3O2. The first kappa shape index (κ1) is 15.7. The summed E-state index contributed by atoms with van der Waals surface area (Å²) >= 11 is 0. The van der Waals surface area contributed by atoms with Crippen molar-refractivity contribution in [3.8, 4) is 0 Å². The highest BCUT2D eigenvalue weighted by Gasteiger charge is 2.44. The van der Waals surface area contributed by atoms with Gasteiger partial charge in [-0.2, -0.15) is 0 Å². The van der Waals surface area contributed by atoms with Crippen molar-refractivity contribution in [3.05, 3.63) is 60.2 Å². The van der Waals surface area contributed by atoms with Crippen LogP contribution in [0, 0.1) is 5.92 Å². The summed E-state index contributed by atoms with van der Waals surface area (Å²) in [6.07, 6.45) is 3.60. The lowest BCUT2D eigenvalue weighted by molar-refractivity contribution is 0.0797. The molecule has 2 atom stereocenters. The first-order chi connectivity index (χ1) is 12.2. The number of nitrogens with zero attached hydrogens (tertiary/aromatic N) is 1. The van der Waals surface area contributed by atoms with E-state index in [0.29, 0.717) is 23.2 Å². The topological polar surface area (TPSA) is 61.4 Å². The number of rotatable bonds is 3. The summed E-state index contributed by atoms with van der Waals surface area (Å²) in [6.45, 7) is 0.869. The molecule has 1 heterocycles. The number of carbonyl (C=O) groups excluding carboxylic acids is 2. The molecule has 1 aliphatic carbocycles. The van der Waals surface area contributed by atoms with Crippen LogP contribution in [-0.2, 0) is 0 Å². The minimum Gasteiger partial charge on any atom is -0.322 e. The van der Waals surface area contributed by atoms with Gasteiger partial charge in [0.1, 0.15) is 0 Å². The molecule has 3 amide bonds. The maximum absolute atomic E-state index is 12.3. The molecule has 5 nitrogen and oxygen atoms in total. The standard InChI is InChI=1S/C20H21N3O2/c24-19(21-16-6-2-1-3-7-16)14-9-11-17(12-10-14)22-20(25)23-13-15-5-4-8-18(15)23/h1-3,6-7,9-12,15,18H,4-5,8,13H2,(H,21,24)(H,22,25)/t15-,18+/m0/s1. The predicted molar refractivity (Wildman–Crippen MR) is 97.7 cm³/mol. The molecular weight excluding hydrogens is 314 g/mol. The second kappa shape index (κ2) is 6.59. The fourth-order valence-electron chi connectivity index (χ4n) is 3.75. The van der Waals surface area contributed by atoms with Crippen LogP contribution >= 0.6 is 0 Å². The van der Waals surface area contributed by atoms with Gasteiger partial charge < -0.3 is 15.5 Å². The Bertz CT molecular complexity index is 773. The van der Waals surface area contributed by atoms with Gasteiger partial charge >= 0.3 is 6.03 Å². The van der Waals surface area contributed by atoms with Crippen LogP contribution in [0.5, 0.6) is 0 Å². The van der Waals surface area contributed by atoms with E-state index in [1.165, 1.54) is 12.8 Å². The Morgan fingerprint density at radius 1 is 0.880 bits per heavy atom. The van der Waals surface area contributed by atoms with Gasteiger partial charge in [-0.05, 0) is 55.2 Å². The summed E-state index contributed by atoms with van der Waals surface area (Å²) in [5.74, 6) is 0.537. The van der Waals surface area contributed by atoms with E-state index in [2.05, 4.69) is 10.6 Å². The lowest BCUT2D eigenvalue weighted by Crippen LogP contribution is -2.57. The number of nitrogens with one attached hydrogen (secondary N) is 2. The molecule has 0 spiro atoms. The first-order valence-electron chi connectivity index (χ1n) is 8.75. The Hall–Kier alpha value is -2.82. The van der Waals surface area contributed by atoms with Gasteiger partial charge in [-0.3, -0.25) is 4.79 Å². The lowest BCUT2D eigenvalue weighted by Gasteiger charge is -2.44. The fraction of sp³-hybridized carbons (Fsp3) is 0.300. The van der Waals surface area contributed by atoms with E-state index in [1.54, 1.807) is 24.3 Å². The molecule has 2 aliphatic rings. The second-order valence-electron chi connectivity index (χ2n) is 6.74. The maximum Gasteiger partial charge on any atom is 0.322 e. The van der Waals surface area contributed by atoms with Crippen molar-refractivity contribution >= 4 is 23.3 Å². The molecule has 1 aliphatic heterocycles. The number of carbonyl (C=O) groups is 2. The smallest absolute Gasteiger partial charge is 0.322 e. The van der Waals surface area contributed by atoms with Crippen LogP contribution in [0.3, 0.4) is 0 Å². The zero-order valence-electron chi connectivity index (χ0n) is 13.9. The van der Waals surface area contributed by atoms with Crippen LogP contribution < -0.4 is 10.6 Å². The van der Waals surface area contributed by atoms with Crippen LogP contribution in [0.15, 0.2) is 54.6 Å². The SMILES string of the molecule is O=C(Nc1ccccc1)c1ccc(NC(=O)N2C[C@@H]3CCC[C@H]32)cc1. The Labute approximate surface area is 147 Å². The third-order valence-corrected chi connectivity index (χ3v) is 5.14. The number of urea groups is 1. The summed E-state index contributed by atoms with van der Waals surface area (Å²) in [6, 6.07) is 16.7. The maximum atomic E-state index is 12.3. The van der Waals surface area contributed by atoms with E-state index in [1.807, 2.05) is 35.2 Å².